The Hall–Kier alpha value is -0.830. The zero-order chi connectivity index (χ0) is 9.56. The van der Waals surface area contributed by atoms with Crippen molar-refractivity contribution in [2.24, 2.45) is 5.73 Å². The largest absolute Gasteiger partial charge is 0.466 e. The molecule has 0 amide bonds. The van der Waals surface area contributed by atoms with Crippen LogP contribution in [0.4, 0.5) is 0 Å². The van der Waals surface area contributed by atoms with Crippen LogP contribution < -0.4 is 5.73 Å². The van der Waals surface area contributed by atoms with E-state index in [1.165, 1.54) is 7.11 Å². The number of hydrogen-bond donors (Lipinski definition) is 1. The molecule has 0 aromatic heterocycles. The van der Waals surface area contributed by atoms with E-state index in [-0.39, 0.29) is 5.97 Å². The predicted molar refractivity (Wildman–Crippen MR) is 48.7 cm³/mol. The SMILES string of the molecule is COC(=O)C(CCCN)=C(C)C. The third kappa shape index (κ3) is 3.53. The van der Waals surface area contributed by atoms with Crippen molar-refractivity contribution in [1.29, 1.82) is 0 Å². The topological polar surface area (TPSA) is 52.3 Å². The average Bonchev–Trinajstić information content (AvgIpc) is 2.04. The van der Waals surface area contributed by atoms with Gasteiger partial charge in [0, 0.05) is 5.57 Å². The number of allylic oxidation sites excluding steroid dienone is 1. The van der Waals surface area contributed by atoms with Crippen molar-refractivity contribution in [2.75, 3.05) is 13.7 Å². The smallest absolute Gasteiger partial charge is 0.333 e. The molecule has 0 rings (SSSR count). The molecular weight excluding hydrogens is 154 g/mol. The van der Waals surface area contributed by atoms with Gasteiger partial charge in [0.15, 0.2) is 0 Å². The van der Waals surface area contributed by atoms with E-state index in [2.05, 4.69) is 4.74 Å². The predicted octanol–water partition coefficient (Wildman–Crippen LogP) is 1.23. The van der Waals surface area contributed by atoms with Crippen LogP contribution in [0.2, 0.25) is 0 Å². The molecule has 0 aromatic rings. The molecule has 12 heavy (non-hydrogen) atoms. The third-order valence-corrected chi connectivity index (χ3v) is 1.67. The van der Waals surface area contributed by atoms with E-state index < -0.39 is 0 Å². The molecule has 70 valence electrons. The van der Waals surface area contributed by atoms with Gasteiger partial charge in [0.25, 0.3) is 0 Å². The van der Waals surface area contributed by atoms with E-state index in [1.807, 2.05) is 13.8 Å². The summed E-state index contributed by atoms with van der Waals surface area (Å²) in [6.07, 6.45) is 1.54. The lowest BCUT2D eigenvalue weighted by atomic mass is 10.1. The van der Waals surface area contributed by atoms with Gasteiger partial charge in [-0.25, -0.2) is 4.79 Å². The Morgan fingerprint density at radius 3 is 2.33 bits per heavy atom. The molecule has 2 N–H and O–H groups in total. The molecule has 0 aromatic carbocycles. The lowest BCUT2D eigenvalue weighted by Crippen LogP contribution is -2.08. The Morgan fingerprint density at radius 2 is 2.00 bits per heavy atom. The summed E-state index contributed by atoms with van der Waals surface area (Å²) in [6, 6.07) is 0. The van der Waals surface area contributed by atoms with Gasteiger partial charge in [-0.3, -0.25) is 0 Å². The molecule has 0 heterocycles. The summed E-state index contributed by atoms with van der Waals surface area (Å²) in [6.45, 7) is 4.42. The minimum atomic E-state index is -0.233. The lowest BCUT2D eigenvalue weighted by molar-refractivity contribution is -0.136. The van der Waals surface area contributed by atoms with Crippen LogP contribution in [-0.2, 0) is 9.53 Å². The highest BCUT2D eigenvalue weighted by atomic mass is 16.5. The number of carbonyl (C=O) groups excluding carboxylic acids is 1. The molecule has 0 spiro atoms. The van der Waals surface area contributed by atoms with Gasteiger partial charge in [-0.05, 0) is 33.2 Å². The summed E-state index contributed by atoms with van der Waals surface area (Å²) in [5.41, 5.74) is 7.11. The first-order valence-electron chi connectivity index (χ1n) is 4.08. The Labute approximate surface area is 73.6 Å². The minimum Gasteiger partial charge on any atom is -0.466 e. The molecule has 0 saturated heterocycles. The summed E-state index contributed by atoms with van der Waals surface area (Å²) < 4.78 is 4.63. The van der Waals surface area contributed by atoms with Crippen LogP contribution in [0.25, 0.3) is 0 Å². The van der Waals surface area contributed by atoms with E-state index in [4.69, 9.17) is 5.73 Å². The maximum absolute atomic E-state index is 11.1. The first kappa shape index (κ1) is 11.2. The molecule has 3 heteroatoms. The molecule has 0 saturated carbocycles. The van der Waals surface area contributed by atoms with Gasteiger partial charge in [0.2, 0.25) is 0 Å². The van der Waals surface area contributed by atoms with Crippen LogP contribution in [0.15, 0.2) is 11.1 Å². The molecule has 0 bridgehead atoms. The van der Waals surface area contributed by atoms with Gasteiger partial charge in [-0.2, -0.15) is 0 Å². The molecule has 0 unspecified atom stereocenters. The van der Waals surface area contributed by atoms with Crippen molar-refractivity contribution in [3.63, 3.8) is 0 Å². The molecule has 3 nitrogen and oxygen atoms in total. The van der Waals surface area contributed by atoms with Crippen molar-refractivity contribution in [1.82, 2.24) is 0 Å². The monoisotopic (exact) mass is 171 g/mol. The zero-order valence-electron chi connectivity index (χ0n) is 8.02. The first-order chi connectivity index (χ1) is 5.63. The van der Waals surface area contributed by atoms with Crippen molar-refractivity contribution in [3.8, 4) is 0 Å². The number of carbonyl (C=O) groups is 1. The third-order valence-electron chi connectivity index (χ3n) is 1.67. The molecular formula is C9H17NO2. The van der Waals surface area contributed by atoms with Crippen molar-refractivity contribution in [2.45, 2.75) is 26.7 Å². The van der Waals surface area contributed by atoms with E-state index in [0.29, 0.717) is 13.0 Å². The maximum Gasteiger partial charge on any atom is 0.333 e. The summed E-state index contributed by atoms with van der Waals surface area (Å²) in [5.74, 6) is -0.233. The Bertz CT molecular complexity index is 181. The number of nitrogens with two attached hydrogens (primary N) is 1. The Morgan fingerprint density at radius 1 is 1.42 bits per heavy atom. The van der Waals surface area contributed by atoms with Gasteiger partial charge in [-0.1, -0.05) is 5.57 Å². The highest BCUT2D eigenvalue weighted by Gasteiger charge is 2.09. The fourth-order valence-corrected chi connectivity index (χ4v) is 0.958. The molecule has 0 aliphatic rings. The van der Waals surface area contributed by atoms with Crippen molar-refractivity contribution < 1.29 is 9.53 Å². The zero-order valence-corrected chi connectivity index (χ0v) is 8.02. The second kappa shape index (κ2) is 5.77. The minimum absolute atomic E-state index is 0.233. The van der Waals surface area contributed by atoms with Crippen LogP contribution in [0, 0.1) is 0 Å². The quantitative estimate of drug-likeness (QED) is 0.511. The first-order valence-corrected chi connectivity index (χ1v) is 4.08. The van der Waals surface area contributed by atoms with Crippen LogP contribution in [0.3, 0.4) is 0 Å². The molecule has 0 fully saturated rings. The average molecular weight is 171 g/mol. The number of hydrogen-bond acceptors (Lipinski definition) is 3. The van der Waals surface area contributed by atoms with E-state index in [1.54, 1.807) is 0 Å². The number of rotatable bonds is 4. The number of methoxy groups -OCH3 is 1. The molecule has 0 aliphatic heterocycles. The van der Waals surface area contributed by atoms with Crippen LogP contribution in [-0.4, -0.2) is 19.6 Å². The summed E-state index contributed by atoms with van der Waals surface area (Å²) >= 11 is 0. The Kier molecular flexibility index (Phi) is 5.37. The fourth-order valence-electron chi connectivity index (χ4n) is 0.958. The van der Waals surface area contributed by atoms with Crippen molar-refractivity contribution >= 4 is 5.97 Å². The van der Waals surface area contributed by atoms with Gasteiger partial charge >= 0.3 is 5.97 Å². The van der Waals surface area contributed by atoms with Crippen molar-refractivity contribution in [3.05, 3.63) is 11.1 Å². The lowest BCUT2D eigenvalue weighted by Gasteiger charge is -2.06. The van der Waals surface area contributed by atoms with Gasteiger partial charge < -0.3 is 10.5 Å². The highest BCUT2D eigenvalue weighted by Crippen LogP contribution is 2.11. The van der Waals surface area contributed by atoms with Crippen LogP contribution >= 0.6 is 0 Å². The van der Waals surface area contributed by atoms with Crippen LogP contribution in [0.1, 0.15) is 26.7 Å². The fraction of sp³-hybridized carbons (Fsp3) is 0.667. The van der Waals surface area contributed by atoms with E-state index in [9.17, 15) is 4.79 Å². The van der Waals surface area contributed by atoms with Crippen LogP contribution in [0.5, 0.6) is 0 Å². The second-order valence-electron chi connectivity index (χ2n) is 2.86. The normalized spacial score (nSPS) is 9.33. The summed E-state index contributed by atoms with van der Waals surface area (Å²) in [5, 5.41) is 0. The number of esters is 1. The van der Waals surface area contributed by atoms with Gasteiger partial charge in [0.1, 0.15) is 0 Å². The molecule has 0 radical (unpaired) electrons. The van der Waals surface area contributed by atoms with E-state index >= 15 is 0 Å². The standard InChI is InChI=1S/C9H17NO2/c1-7(2)8(5-4-6-10)9(11)12-3/h4-6,10H2,1-3H3. The molecule has 0 aliphatic carbocycles. The molecule has 0 atom stereocenters. The number of ether oxygens (including phenoxy) is 1. The maximum atomic E-state index is 11.1. The highest BCUT2D eigenvalue weighted by molar-refractivity contribution is 5.89. The van der Waals surface area contributed by atoms with Gasteiger partial charge in [0.05, 0.1) is 7.11 Å². The summed E-state index contributed by atoms with van der Waals surface area (Å²) in [4.78, 5) is 11.1. The second-order valence-corrected chi connectivity index (χ2v) is 2.86. The van der Waals surface area contributed by atoms with E-state index in [0.717, 1.165) is 17.6 Å². The summed E-state index contributed by atoms with van der Waals surface area (Å²) in [7, 11) is 1.40. The Balaban J connectivity index is 4.26. The van der Waals surface area contributed by atoms with Gasteiger partial charge in [-0.15, -0.1) is 0 Å².